The van der Waals surface area contributed by atoms with Crippen LogP contribution in [0.25, 0.3) is 0 Å². The van der Waals surface area contributed by atoms with Crippen LogP contribution in [0.1, 0.15) is 43.7 Å². The summed E-state index contributed by atoms with van der Waals surface area (Å²) in [6.07, 6.45) is 4.47. The van der Waals surface area contributed by atoms with Gasteiger partial charge in [-0.25, -0.2) is 0 Å². The van der Waals surface area contributed by atoms with Crippen molar-refractivity contribution in [2.45, 2.75) is 46.1 Å². The van der Waals surface area contributed by atoms with Crippen molar-refractivity contribution in [1.29, 1.82) is 0 Å². The van der Waals surface area contributed by atoms with Gasteiger partial charge in [0.15, 0.2) is 0 Å². The van der Waals surface area contributed by atoms with E-state index in [-0.39, 0.29) is 0 Å². The molecule has 0 heterocycles. The number of nitrogens with zero attached hydrogens (tertiary/aromatic N) is 1. The molecule has 0 spiro atoms. The van der Waals surface area contributed by atoms with Gasteiger partial charge >= 0.3 is 0 Å². The number of ether oxygens (including phenoxy) is 1. The number of hydrogen-bond donors (Lipinski definition) is 0. The fourth-order valence-corrected chi connectivity index (χ4v) is 1.85. The first-order valence-electron chi connectivity index (χ1n) is 6.84. The van der Waals surface area contributed by atoms with Gasteiger partial charge in [0.25, 0.3) is 0 Å². The van der Waals surface area contributed by atoms with Crippen LogP contribution in [0.3, 0.4) is 0 Å². The number of aryl methyl sites for hydroxylation is 1. The zero-order valence-corrected chi connectivity index (χ0v) is 11.9. The molecule has 1 rings (SSSR count). The van der Waals surface area contributed by atoms with E-state index < -0.39 is 0 Å². The van der Waals surface area contributed by atoms with Crippen LogP contribution >= 0.6 is 0 Å². The monoisotopic (exact) mass is 247 g/mol. The summed E-state index contributed by atoms with van der Waals surface area (Å²) in [6, 6.07) is 8.52. The zero-order valence-electron chi connectivity index (χ0n) is 11.9. The average Bonchev–Trinajstić information content (AvgIpc) is 2.40. The van der Waals surface area contributed by atoms with E-state index in [9.17, 15) is 0 Å². The Morgan fingerprint density at radius 3 is 2.50 bits per heavy atom. The van der Waals surface area contributed by atoms with Crippen molar-refractivity contribution in [3.8, 4) is 0 Å². The van der Waals surface area contributed by atoms with Crippen LogP contribution in [0.15, 0.2) is 29.3 Å². The number of rotatable bonds is 8. The molecule has 2 heteroatoms. The van der Waals surface area contributed by atoms with Gasteiger partial charge in [-0.2, -0.15) is 0 Å². The Kier molecular flexibility index (Phi) is 7.35. The molecule has 0 aliphatic rings. The SMILES string of the molecule is CC/C(CCCCOCc1ccc(C)cc1)=N\C. The number of hydrogen-bond acceptors (Lipinski definition) is 2. The van der Waals surface area contributed by atoms with Crippen LogP contribution in [-0.4, -0.2) is 19.4 Å². The van der Waals surface area contributed by atoms with Gasteiger partial charge in [0.1, 0.15) is 0 Å². The van der Waals surface area contributed by atoms with Gasteiger partial charge < -0.3 is 4.74 Å². The molecule has 0 N–H and O–H groups in total. The van der Waals surface area contributed by atoms with Crippen molar-refractivity contribution in [3.63, 3.8) is 0 Å². The Morgan fingerprint density at radius 2 is 1.89 bits per heavy atom. The normalized spacial score (nSPS) is 11.8. The number of benzene rings is 1. The Hall–Kier alpha value is -1.15. The smallest absolute Gasteiger partial charge is 0.0716 e. The molecule has 1 aromatic rings. The lowest BCUT2D eigenvalue weighted by Crippen LogP contribution is -1.99. The predicted molar refractivity (Wildman–Crippen MR) is 78.3 cm³/mol. The summed E-state index contributed by atoms with van der Waals surface area (Å²) >= 11 is 0. The van der Waals surface area contributed by atoms with E-state index in [1.54, 1.807) is 0 Å². The van der Waals surface area contributed by atoms with E-state index in [1.807, 2.05) is 7.05 Å². The Balaban J connectivity index is 2.07. The Bertz CT molecular complexity index is 354. The van der Waals surface area contributed by atoms with E-state index in [1.165, 1.54) is 23.3 Å². The fraction of sp³-hybridized carbons (Fsp3) is 0.562. The van der Waals surface area contributed by atoms with Crippen LogP contribution < -0.4 is 0 Å². The van der Waals surface area contributed by atoms with E-state index >= 15 is 0 Å². The molecule has 0 atom stereocenters. The first kappa shape index (κ1) is 14.9. The molecule has 0 radical (unpaired) electrons. The van der Waals surface area contributed by atoms with E-state index in [0.29, 0.717) is 0 Å². The topological polar surface area (TPSA) is 21.6 Å². The first-order chi connectivity index (χ1) is 8.76. The quantitative estimate of drug-likeness (QED) is 0.499. The first-order valence-corrected chi connectivity index (χ1v) is 6.84. The maximum atomic E-state index is 5.67. The third kappa shape index (κ3) is 5.97. The molecule has 18 heavy (non-hydrogen) atoms. The lowest BCUT2D eigenvalue weighted by Gasteiger charge is -2.05. The number of unbranched alkanes of at least 4 members (excludes halogenated alkanes) is 1. The molecule has 0 bridgehead atoms. The molecule has 0 aromatic heterocycles. The van der Waals surface area contributed by atoms with Gasteiger partial charge in [-0.1, -0.05) is 36.8 Å². The van der Waals surface area contributed by atoms with Crippen molar-refractivity contribution in [2.24, 2.45) is 4.99 Å². The highest BCUT2D eigenvalue weighted by molar-refractivity contribution is 5.83. The lowest BCUT2D eigenvalue weighted by molar-refractivity contribution is 0.117. The fourth-order valence-electron chi connectivity index (χ4n) is 1.85. The molecular weight excluding hydrogens is 222 g/mol. The Labute approximate surface area is 111 Å². The molecule has 0 fully saturated rings. The maximum Gasteiger partial charge on any atom is 0.0716 e. The van der Waals surface area contributed by atoms with Crippen molar-refractivity contribution in [2.75, 3.05) is 13.7 Å². The number of aliphatic imine (C=N–C) groups is 1. The average molecular weight is 247 g/mol. The summed E-state index contributed by atoms with van der Waals surface area (Å²) in [5.41, 5.74) is 3.86. The molecule has 100 valence electrons. The molecule has 1 aromatic carbocycles. The van der Waals surface area contributed by atoms with E-state index in [0.717, 1.165) is 32.5 Å². The summed E-state index contributed by atoms with van der Waals surface area (Å²) in [6.45, 7) is 5.83. The molecule has 0 amide bonds. The Morgan fingerprint density at radius 1 is 1.17 bits per heavy atom. The van der Waals surface area contributed by atoms with Gasteiger partial charge in [-0.15, -0.1) is 0 Å². The van der Waals surface area contributed by atoms with Crippen LogP contribution in [0.5, 0.6) is 0 Å². The van der Waals surface area contributed by atoms with Gasteiger partial charge in [0, 0.05) is 19.4 Å². The molecular formula is C16H25NO. The largest absolute Gasteiger partial charge is 0.377 e. The summed E-state index contributed by atoms with van der Waals surface area (Å²) in [7, 11) is 1.88. The highest BCUT2D eigenvalue weighted by Gasteiger charge is 1.96. The van der Waals surface area contributed by atoms with Gasteiger partial charge in [0.05, 0.1) is 6.61 Å². The molecule has 0 aliphatic heterocycles. The third-order valence-electron chi connectivity index (χ3n) is 3.12. The maximum absolute atomic E-state index is 5.67. The summed E-state index contributed by atoms with van der Waals surface area (Å²) in [5, 5.41) is 0. The second-order valence-corrected chi connectivity index (χ2v) is 4.64. The second kappa shape index (κ2) is 8.87. The van der Waals surface area contributed by atoms with Crippen molar-refractivity contribution < 1.29 is 4.74 Å². The molecule has 2 nitrogen and oxygen atoms in total. The van der Waals surface area contributed by atoms with Crippen molar-refractivity contribution >= 4 is 5.71 Å². The van der Waals surface area contributed by atoms with E-state index in [4.69, 9.17) is 4.74 Å². The van der Waals surface area contributed by atoms with Crippen LogP contribution in [0.2, 0.25) is 0 Å². The van der Waals surface area contributed by atoms with Gasteiger partial charge in [-0.3, -0.25) is 4.99 Å². The minimum absolute atomic E-state index is 0.725. The summed E-state index contributed by atoms with van der Waals surface area (Å²) in [4.78, 5) is 4.26. The molecule has 0 saturated heterocycles. The summed E-state index contributed by atoms with van der Waals surface area (Å²) < 4.78 is 5.67. The summed E-state index contributed by atoms with van der Waals surface area (Å²) in [5.74, 6) is 0. The highest BCUT2D eigenvalue weighted by atomic mass is 16.5. The molecule has 0 saturated carbocycles. The second-order valence-electron chi connectivity index (χ2n) is 4.64. The predicted octanol–water partition coefficient (Wildman–Crippen LogP) is 4.16. The van der Waals surface area contributed by atoms with Crippen molar-refractivity contribution in [3.05, 3.63) is 35.4 Å². The zero-order chi connectivity index (χ0) is 13.2. The minimum atomic E-state index is 0.725. The van der Waals surface area contributed by atoms with E-state index in [2.05, 4.69) is 43.1 Å². The molecule has 0 aliphatic carbocycles. The van der Waals surface area contributed by atoms with Crippen molar-refractivity contribution in [1.82, 2.24) is 0 Å². The minimum Gasteiger partial charge on any atom is -0.377 e. The van der Waals surface area contributed by atoms with Gasteiger partial charge in [0.2, 0.25) is 0 Å². The molecule has 0 unspecified atom stereocenters. The lowest BCUT2D eigenvalue weighted by atomic mass is 10.1. The van der Waals surface area contributed by atoms with Crippen LogP contribution in [0, 0.1) is 6.92 Å². The van der Waals surface area contributed by atoms with Crippen LogP contribution in [-0.2, 0) is 11.3 Å². The van der Waals surface area contributed by atoms with Gasteiger partial charge in [-0.05, 0) is 38.2 Å². The third-order valence-corrected chi connectivity index (χ3v) is 3.12. The highest BCUT2D eigenvalue weighted by Crippen LogP contribution is 2.06. The van der Waals surface area contributed by atoms with Crippen LogP contribution in [0.4, 0.5) is 0 Å². The standard InChI is InChI=1S/C16H25NO/c1-4-16(17-3)7-5-6-12-18-13-15-10-8-14(2)9-11-15/h8-11H,4-7,12-13H2,1-3H3/b17-16+.